The number of hydrogen-bond donors (Lipinski definition) is 0. The maximum absolute atomic E-state index is 12.9. The summed E-state index contributed by atoms with van der Waals surface area (Å²) in [4.78, 5) is 25.9. The number of rotatable bonds is 3. The van der Waals surface area contributed by atoms with Gasteiger partial charge in [0.25, 0.3) is 5.91 Å². The Hall–Kier alpha value is -2.27. The average molecular weight is 350 g/mol. The van der Waals surface area contributed by atoms with Crippen LogP contribution in [0.25, 0.3) is 0 Å². The molecule has 2 saturated heterocycles. The van der Waals surface area contributed by atoms with Gasteiger partial charge in [-0.2, -0.15) is 0 Å². The Labute approximate surface area is 155 Å². The number of hydrogen-bond acceptors (Lipinski definition) is 4. The van der Waals surface area contributed by atoms with Gasteiger partial charge in [-0.15, -0.1) is 0 Å². The number of carbonyl (C=O) groups excluding carboxylic acids is 1. The quantitative estimate of drug-likeness (QED) is 0.854. The van der Waals surface area contributed by atoms with Gasteiger partial charge in [0.05, 0.1) is 5.56 Å². The molecule has 2 aliphatic rings. The number of benzene rings is 1. The number of aromatic nitrogens is 2. The Morgan fingerprint density at radius 3 is 2.58 bits per heavy atom. The Morgan fingerprint density at radius 1 is 1.15 bits per heavy atom. The molecular weight excluding hydrogens is 324 g/mol. The van der Waals surface area contributed by atoms with Crippen molar-refractivity contribution in [1.82, 2.24) is 19.8 Å². The molecule has 1 aromatic heterocycles. The number of aryl methyl sites for hydroxylation is 2. The van der Waals surface area contributed by atoms with Crippen LogP contribution in [-0.2, 0) is 6.42 Å². The highest BCUT2D eigenvalue weighted by Gasteiger charge is 2.47. The van der Waals surface area contributed by atoms with E-state index < -0.39 is 0 Å². The van der Waals surface area contributed by atoms with Crippen LogP contribution in [-0.4, -0.2) is 52.4 Å². The van der Waals surface area contributed by atoms with Gasteiger partial charge in [0.15, 0.2) is 0 Å². The molecule has 0 aliphatic carbocycles. The molecule has 1 amide bonds. The molecule has 26 heavy (non-hydrogen) atoms. The highest BCUT2D eigenvalue weighted by atomic mass is 16.2. The first-order valence-corrected chi connectivity index (χ1v) is 9.44. The van der Waals surface area contributed by atoms with Crippen molar-refractivity contribution >= 4 is 5.91 Å². The zero-order valence-electron chi connectivity index (χ0n) is 15.7. The van der Waals surface area contributed by atoms with E-state index in [2.05, 4.69) is 53.1 Å². The van der Waals surface area contributed by atoms with Gasteiger partial charge < -0.3 is 4.90 Å². The van der Waals surface area contributed by atoms with Crippen LogP contribution in [0, 0.1) is 18.8 Å². The second-order valence-corrected chi connectivity index (χ2v) is 7.62. The normalized spacial score (nSPS) is 25.5. The molecule has 5 heteroatoms. The number of likely N-dealkylation sites (tertiary alicyclic amines) is 2. The number of nitrogens with zero attached hydrogens (tertiary/aromatic N) is 4. The molecule has 0 spiro atoms. The Kier molecular flexibility index (Phi) is 4.49. The van der Waals surface area contributed by atoms with Crippen molar-refractivity contribution < 1.29 is 4.79 Å². The molecule has 2 fully saturated rings. The Bertz CT molecular complexity index is 804. The van der Waals surface area contributed by atoms with Crippen molar-refractivity contribution in [3.8, 4) is 0 Å². The first kappa shape index (κ1) is 17.2. The molecule has 2 aromatic rings. The van der Waals surface area contributed by atoms with E-state index >= 15 is 0 Å². The largest absolute Gasteiger partial charge is 0.338 e. The van der Waals surface area contributed by atoms with Gasteiger partial charge in [-0.05, 0) is 31.0 Å². The predicted molar refractivity (Wildman–Crippen MR) is 101 cm³/mol. The summed E-state index contributed by atoms with van der Waals surface area (Å²) >= 11 is 0. The van der Waals surface area contributed by atoms with Crippen LogP contribution in [0.3, 0.4) is 0 Å². The van der Waals surface area contributed by atoms with E-state index in [-0.39, 0.29) is 5.91 Å². The Morgan fingerprint density at radius 2 is 1.88 bits per heavy atom. The lowest BCUT2D eigenvalue weighted by molar-refractivity contribution is 0.0767. The van der Waals surface area contributed by atoms with Gasteiger partial charge in [0, 0.05) is 50.4 Å². The lowest BCUT2D eigenvalue weighted by Gasteiger charge is -2.28. The molecule has 0 unspecified atom stereocenters. The van der Waals surface area contributed by atoms with Gasteiger partial charge in [-0.25, -0.2) is 9.97 Å². The minimum atomic E-state index is 0.0632. The molecule has 4 rings (SSSR count). The third-order valence-electron chi connectivity index (χ3n) is 5.96. The fourth-order valence-corrected chi connectivity index (χ4v) is 4.64. The van der Waals surface area contributed by atoms with Crippen LogP contribution < -0.4 is 0 Å². The van der Waals surface area contributed by atoms with Crippen LogP contribution in [0.15, 0.2) is 36.7 Å². The molecule has 1 aromatic carbocycles. The van der Waals surface area contributed by atoms with E-state index in [4.69, 9.17) is 0 Å². The summed E-state index contributed by atoms with van der Waals surface area (Å²) in [6.07, 6.45) is 4.13. The van der Waals surface area contributed by atoms with E-state index in [0.29, 0.717) is 23.4 Å². The molecule has 0 saturated carbocycles. The zero-order chi connectivity index (χ0) is 18.3. The van der Waals surface area contributed by atoms with Crippen LogP contribution in [0.2, 0.25) is 0 Å². The maximum atomic E-state index is 12.9. The first-order chi connectivity index (χ1) is 12.6. The summed E-state index contributed by atoms with van der Waals surface area (Å²) in [5, 5.41) is 0. The predicted octanol–water partition coefficient (Wildman–Crippen LogP) is 2.72. The number of carbonyl (C=O) groups is 1. The maximum Gasteiger partial charge on any atom is 0.257 e. The lowest BCUT2D eigenvalue weighted by atomic mass is 9.88. The first-order valence-electron chi connectivity index (χ1n) is 9.44. The van der Waals surface area contributed by atoms with Gasteiger partial charge >= 0.3 is 0 Å². The van der Waals surface area contributed by atoms with E-state index in [9.17, 15) is 4.79 Å². The van der Waals surface area contributed by atoms with E-state index in [1.807, 2.05) is 11.8 Å². The van der Waals surface area contributed by atoms with Crippen molar-refractivity contribution in [1.29, 1.82) is 0 Å². The number of amides is 1. The smallest absolute Gasteiger partial charge is 0.257 e. The minimum absolute atomic E-state index is 0.0632. The van der Waals surface area contributed by atoms with Crippen LogP contribution in [0.5, 0.6) is 0 Å². The summed E-state index contributed by atoms with van der Waals surface area (Å²) in [5.41, 5.74) is 3.33. The van der Waals surface area contributed by atoms with Gasteiger partial charge in [0.1, 0.15) is 5.82 Å². The summed E-state index contributed by atoms with van der Waals surface area (Å²) in [7, 11) is 2.21. The summed E-state index contributed by atoms with van der Waals surface area (Å²) in [6.45, 7) is 6.87. The Balaban J connectivity index is 1.54. The van der Waals surface area contributed by atoms with E-state index in [1.165, 1.54) is 11.1 Å². The topological polar surface area (TPSA) is 49.3 Å². The van der Waals surface area contributed by atoms with Crippen molar-refractivity contribution in [2.45, 2.75) is 26.3 Å². The van der Waals surface area contributed by atoms with Gasteiger partial charge in [0.2, 0.25) is 0 Å². The van der Waals surface area contributed by atoms with E-state index in [0.717, 1.165) is 31.9 Å². The van der Waals surface area contributed by atoms with Crippen LogP contribution >= 0.6 is 0 Å². The lowest BCUT2D eigenvalue weighted by Crippen LogP contribution is -2.33. The molecule has 0 radical (unpaired) electrons. The third kappa shape index (κ3) is 2.90. The fraction of sp³-hybridized carbons (Fsp3) is 0.476. The van der Waals surface area contributed by atoms with Crippen LogP contribution in [0.1, 0.15) is 40.3 Å². The standard InChI is InChI=1S/C21H26N4O/c1-4-19-22-9-15(10-23-19)21(26)25-12-16-11-24(3)20(18(16)13-25)17-8-6-5-7-14(17)2/h5-10,16,18,20H,4,11-13H2,1-3H3/t16-,18+,20+/m0/s1. The van der Waals surface area contributed by atoms with Crippen molar-refractivity contribution in [3.05, 3.63) is 59.2 Å². The van der Waals surface area contributed by atoms with Crippen LogP contribution in [0.4, 0.5) is 0 Å². The molecule has 3 heterocycles. The monoisotopic (exact) mass is 350 g/mol. The van der Waals surface area contributed by atoms with Crippen molar-refractivity contribution in [2.75, 3.05) is 26.7 Å². The minimum Gasteiger partial charge on any atom is -0.338 e. The summed E-state index contributed by atoms with van der Waals surface area (Å²) in [5.74, 6) is 1.86. The molecule has 3 atom stereocenters. The number of fused-ring (bicyclic) bond motifs is 1. The van der Waals surface area contributed by atoms with Gasteiger partial charge in [-0.1, -0.05) is 31.2 Å². The molecular formula is C21H26N4O. The highest BCUT2D eigenvalue weighted by molar-refractivity contribution is 5.93. The van der Waals surface area contributed by atoms with Crippen molar-refractivity contribution in [2.24, 2.45) is 11.8 Å². The summed E-state index contributed by atoms with van der Waals surface area (Å²) < 4.78 is 0. The molecule has 2 aliphatic heterocycles. The highest BCUT2D eigenvalue weighted by Crippen LogP contribution is 2.45. The molecule has 136 valence electrons. The molecule has 0 bridgehead atoms. The SMILES string of the molecule is CCc1ncc(C(=O)N2C[C@@H]3CN(C)[C@H](c4ccccc4C)[C@@H]3C2)cn1. The summed E-state index contributed by atoms with van der Waals surface area (Å²) in [6, 6.07) is 9.02. The zero-order valence-corrected chi connectivity index (χ0v) is 15.7. The fourth-order valence-electron chi connectivity index (χ4n) is 4.64. The van der Waals surface area contributed by atoms with Gasteiger partial charge in [-0.3, -0.25) is 9.69 Å². The second-order valence-electron chi connectivity index (χ2n) is 7.62. The second kappa shape index (κ2) is 6.80. The third-order valence-corrected chi connectivity index (χ3v) is 5.96. The van der Waals surface area contributed by atoms with Crippen molar-refractivity contribution in [3.63, 3.8) is 0 Å². The van der Waals surface area contributed by atoms with E-state index in [1.54, 1.807) is 12.4 Å². The molecule has 0 N–H and O–H groups in total. The molecule has 5 nitrogen and oxygen atoms in total. The average Bonchev–Trinajstić information content (AvgIpc) is 3.19.